The van der Waals surface area contributed by atoms with Gasteiger partial charge in [0.05, 0.1) is 18.1 Å². The van der Waals surface area contributed by atoms with Gasteiger partial charge in [0.2, 0.25) is 0 Å². The molecule has 2 bridgehead atoms. The highest BCUT2D eigenvalue weighted by Gasteiger charge is 2.59. The van der Waals surface area contributed by atoms with Gasteiger partial charge in [0.15, 0.2) is 0 Å². The fraction of sp³-hybridized carbons (Fsp3) is 0.250. The van der Waals surface area contributed by atoms with E-state index in [-0.39, 0.29) is 35.5 Å². The number of fused-ring (bicyclic) bond motifs is 5. The molecule has 2 fully saturated rings. The monoisotopic (exact) mass is 366 g/mol. The molecule has 0 spiro atoms. The molecule has 1 aliphatic heterocycles. The smallest absolute Gasteiger partial charge is 0.254 e. The summed E-state index contributed by atoms with van der Waals surface area (Å²) in [4.78, 5) is 25.2. The molecule has 130 valence electrons. The van der Waals surface area contributed by atoms with Crippen molar-refractivity contribution in [2.45, 2.75) is 6.42 Å². The minimum absolute atomic E-state index is 0.180. The summed E-state index contributed by atoms with van der Waals surface area (Å²) in [6.07, 6.45) is 6.45. The Morgan fingerprint density at radius 3 is 2.50 bits per heavy atom. The van der Waals surface area contributed by atoms with Crippen molar-refractivity contribution in [1.29, 1.82) is 0 Å². The number of rotatable bonds is 3. The van der Waals surface area contributed by atoms with Gasteiger partial charge in [0.1, 0.15) is 11.5 Å². The lowest BCUT2D eigenvalue weighted by molar-refractivity contribution is -0.140. The standard InChI is InChI=1S/C20H15ClN2O3/c21-14-3-1-2-11(9-14)16-7-6-15(26-16)10-22-23-19(24)17-12-4-5-13(8-12)18(17)20(23)25/h1-7,9-10,12-13,17-18H,8H2/t12-,13-,17-,18+/m0/s1. The number of nitrogens with zero attached hydrogens (tertiary/aromatic N) is 2. The van der Waals surface area contributed by atoms with Crippen LogP contribution in [0.3, 0.4) is 0 Å². The first kappa shape index (κ1) is 15.6. The first-order chi connectivity index (χ1) is 12.6. The van der Waals surface area contributed by atoms with Gasteiger partial charge in [-0.1, -0.05) is 35.9 Å². The quantitative estimate of drug-likeness (QED) is 0.472. The van der Waals surface area contributed by atoms with E-state index in [0.717, 1.165) is 17.0 Å². The molecule has 0 N–H and O–H groups in total. The van der Waals surface area contributed by atoms with Crippen molar-refractivity contribution in [2.75, 3.05) is 0 Å². The Bertz CT molecular complexity index is 947. The highest BCUT2D eigenvalue weighted by molar-refractivity contribution is 6.30. The zero-order valence-corrected chi connectivity index (χ0v) is 14.5. The zero-order chi connectivity index (χ0) is 17.8. The van der Waals surface area contributed by atoms with Gasteiger partial charge in [-0.15, -0.1) is 0 Å². The molecular weight excluding hydrogens is 352 g/mol. The van der Waals surface area contributed by atoms with Crippen molar-refractivity contribution in [3.8, 4) is 11.3 Å². The Hall–Kier alpha value is -2.66. The fourth-order valence-electron chi connectivity index (χ4n) is 4.33. The molecule has 4 atom stereocenters. The minimum Gasteiger partial charge on any atom is -0.455 e. The number of hydrazone groups is 1. The lowest BCUT2D eigenvalue weighted by Crippen LogP contribution is -2.28. The Kier molecular flexibility index (Phi) is 3.40. The van der Waals surface area contributed by atoms with Crippen LogP contribution >= 0.6 is 11.6 Å². The second kappa shape index (κ2) is 5.68. The molecule has 3 aliphatic rings. The van der Waals surface area contributed by atoms with E-state index in [1.54, 1.807) is 24.3 Å². The van der Waals surface area contributed by atoms with Crippen LogP contribution in [0.4, 0.5) is 0 Å². The number of carbonyl (C=O) groups excluding carboxylic acids is 2. The predicted octanol–water partition coefficient (Wildman–Crippen LogP) is 3.74. The number of carbonyl (C=O) groups is 2. The molecule has 1 aromatic heterocycles. The van der Waals surface area contributed by atoms with Crippen molar-refractivity contribution >= 4 is 29.6 Å². The first-order valence-electron chi connectivity index (χ1n) is 8.58. The average molecular weight is 367 g/mol. The van der Waals surface area contributed by atoms with Crippen LogP contribution < -0.4 is 0 Å². The molecule has 2 aliphatic carbocycles. The highest BCUT2D eigenvalue weighted by atomic mass is 35.5. The van der Waals surface area contributed by atoms with Crippen LogP contribution in [0.5, 0.6) is 0 Å². The van der Waals surface area contributed by atoms with Crippen LogP contribution in [-0.4, -0.2) is 23.0 Å². The van der Waals surface area contributed by atoms with Crippen molar-refractivity contribution in [3.05, 3.63) is 59.3 Å². The Morgan fingerprint density at radius 1 is 1.08 bits per heavy atom. The third-order valence-corrected chi connectivity index (χ3v) is 5.72. The number of amides is 2. The van der Waals surface area contributed by atoms with E-state index < -0.39 is 0 Å². The number of hydrogen-bond acceptors (Lipinski definition) is 4. The third-order valence-electron chi connectivity index (χ3n) is 5.48. The van der Waals surface area contributed by atoms with Crippen LogP contribution in [0.2, 0.25) is 5.02 Å². The second-order valence-electron chi connectivity index (χ2n) is 6.95. The molecule has 0 radical (unpaired) electrons. The maximum atomic E-state index is 12.6. The van der Waals surface area contributed by atoms with E-state index in [1.807, 2.05) is 12.1 Å². The molecule has 0 unspecified atom stereocenters. The summed E-state index contributed by atoms with van der Waals surface area (Å²) < 4.78 is 5.73. The number of hydrogen-bond donors (Lipinski definition) is 0. The lowest BCUT2D eigenvalue weighted by atomic mass is 9.85. The van der Waals surface area contributed by atoms with E-state index in [1.165, 1.54) is 6.21 Å². The minimum atomic E-state index is -0.242. The highest BCUT2D eigenvalue weighted by Crippen LogP contribution is 2.52. The zero-order valence-electron chi connectivity index (χ0n) is 13.7. The van der Waals surface area contributed by atoms with Gasteiger partial charge in [-0.05, 0) is 42.5 Å². The second-order valence-corrected chi connectivity index (χ2v) is 7.38. The maximum Gasteiger partial charge on any atom is 0.254 e. The first-order valence-corrected chi connectivity index (χ1v) is 8.95. The van der Waals surface area contributed by atoms with Crippen molar-refractivity contribution < 1.29 is 14.0 Å². The Morgan fingerprint density at radius 2 is 1.81 bits per heavy atom. The van der Waals surface area contributed by atoms with Gasteiger partial charge in [-0.3, -0.25) is 9.59 Å². The average Bonchev–Trinajstić information content (AvgIpc) is 3.39. The van der Waals surface area contributed by atoms with Gasteiger partial charge in [-0.2, -0.15) is 10.1 Å². The molecule has 2 amide bonds. The van der Waals surface area contributed by atoms with Gasteiger partial charge < -0.3 is 4.42 Å². The van der Waals surface area contributed by atoms with Gasteiger partial charge in [0.25, 0.3) is 11.8 Å². The van der Waals surface area contributed by atoms with Crippen molar-refractivity contribution in [3.63, 3.8) is 0 Å². The summed E-state index contributed by atoms with van der Waals surface area (Å²) in [5.41, 5.74) is 0.850. The molecule has 1 aromatic carbocycles. The molecule has 2 heterocycles. The summed E-state index contributed by atoms with van der Waals surface area (Å²) in [6, 6.07) is 10.9. The third kappa shape index (κ3) is 2.27. The number of furan rings is 1. The van der Waals surface area contributed by atoms with E-state index in [0.29, 0.717) is 16.5 Å². The van der Waals surface area contributed by atoms with E-state index in [2.05, 4.69) is 17.3 Å². The summed E-state index contributed by atoms with van der Waals surface area (Å²) in [7, 11) is 0. The Balaban J connectivity index is 1.37. The largest absolute Gasteiger partial charge is 0.455 e. The van der Waals surface area contributed by atoms with Crippen LogP contribution in [0, 0.1) is 23.7 Å². The van der Waals surface area contributed by atoms with Crippen LogP contribution in [-0.2, 0) is 9.59 Å². The molecule has 5 rings (SSSR count). The molecule has 6 heteroatoms. The molecule has 5 nitrogen and oxygen atoms in total. The van der Waals surface area contributed by atoms with Gasteiger partial charge in [-0.25, -0.2) is 0 Å². The predicted molar refractivity (Wildman–Crippen MR) is 96.3 cm³/mol. The van der Waals surface area contributed by atoms with Crippen molar-refractivity contribution in [2.24, 2.45) is 28.8 Å². The molecule has 26 heavy (non-hydrogen) atoms. The molecule has 1 saturated carbocycles. The van der Waals surface area contributed by atoms with Gasteiger partial charge in [0, 0.05) is 10.6 Å². The fourth-order valence-corrected chi connectivity index (χ4v) is 4.52. The lowest BCUT2D eigenvalue weighted by Gasteiger charge is -2.13. The number of halogens is 1. The van der Waals surface area contributed by atoms with Crippen LogP contribution in [0.1, 0.15) is 12.2 Å². The van der Waals surface area contributed by atoms with Crippen LogP contribution in [0.15, 0.2) is 58.1 Å². The van der Waals surface area contributed by atoms with Gasteiger partial charge >= 0.3 is 0 Å². The number of imide groups is 1. The van der Waals surface area contributed by atoms with E-state index in [4.69, 9.17) is 16.0 Å². The topological polar surface area (TPSA) is 62.9 Å². The summed E-state index contributed by atoms with van der Waals surface area (Å²) in [6.45, 7) is 0. The van der Waals surface area contributed by atoms with E-state index in [9.17, 15) is 9.59 Å². The van der Waals surface area contributed by atoms with E-state index >= 15 is 0 Å². The SMILES string of the molecule is O=C1[C@@H]2[C@H](C(=O)N1N=Cc1ccc(-c3cccc(Cl)c3)o1)[C@H]1C=C[C@H]2C1. The van der Waals surface area contributed by atoms with Crippen LogP contribution in [0.25, 0.3) is 11.3 Å². The molecular formula is C20H15ClN2O3. The number of allylic oxidation sites excluding steroid dienone is 2. The number of benzene rings is 1. The molecule has 2 aromatic rings. The normalized spacial score (nSPS) is 29.3. The maximum absolute atomic E-state index is 12.6. The van der Waals surface area contributed by atoms with Crippen molar-refractivity contribution in [1.82, 2.24) is 5.01 Å². The molecule has 1 saturated heterocycles. The summed E-state index contributed by atoms with van der Waals surface area (Å²) >= 11 is 6.00. The Labute approximate surface area is 154 Å². The summed E-state index contributed by atoms with van der Waals surface area (Å²) in [5, 5.41) is 5.76. The summed E-state index contributed by atoms with van der Waals surface area (Å²) in [5.74, 6) is 0.594.